The first kappa shape index (κ1) is 23.7. The van der Waals surface area contributed by atoms with Gasteiger partial charge in [0.05, 0.1) is 12.7 Å². The van der Waals surface area contributed by atoms with Gasteiger partial charge in [0.2, 0.25) is 0 Å². The first-order valence-corrected chi connectivity index (χ1v) is 11.2. The van der Waals surface area contributed by atoms with Gasteiger partial charge in [-0.1, -0.05) is 0 Å². The lowest BCUT2D eigenvalue weighted by atomic mass is 10.1. The zero-order valence-corrected chi connectivity index (χ0v) is 19.7. The van der Waals surface area contributed by atoms with Crippen LogP contribution >= 0.6 is 0 Å². The van der Waals surface area contributed by atoms with Crippen molar-refractivity contribution in [1.29, 1.82) is 0 Å². The van der Waals surface area contributed by atoms with Crippen LogP contribution in [0.2, 0.25) is 0 Å². The summed E-state index contributed by atoms with van der Waals surface area (Å²) in [4.78, 5) is 46.6. The van der Waals surface area contributed by atoms with Gasteiger partial charge in [-0.15, -0.1) is 0 Å². The summed E-state index contributed by atoms with van der Waals surface area (Å²) in [7, 11) is 3.28. The van der Waals surface area contributed by atoms with E-state index in [9.17, 15) is 14.4 Å². The minimum Gasteiger partial charge on any atom is -0.465 e. The maximum absolute atomic E-state index is 13.0. The molecule has 0 atom stereocenters. The van der Waals surface area contributed by atoms with Gasteiger partial charge in [-0.05, 0) is 60.7 Å². The Morgan fingerprint density at radius 3 is 1.94 bits per heavy atom. The number of hydrogen-bond acceptors (Lipinski definition) is 6. The van der Waals surface area contributed by atoms with Gasteiger partial charge in [0.1, 0.15) is 0 Å². The summed E-state index contributed by atoms with van der Waals surface area (Å²) in [5.41, 5.74) is 3.58. The van der Waals surface area contributed by atoms with Gasteiger partial charge in [-0.3, -0.25) is 9.78 Å². The van der Waals surface area contributed by atoms with Gasteiger partial charge >= 0.3 is 12.0 Å². The van der Waals surface area contributed by atoms with Crippen LogP contribution < -0.4 is 10.2 Å². The average molecular weight is 474 g/mol. The number of carbonyl (C=O) groups excluding carboxylic acids is 3. The van der Waals surface area contributed by atoms with Crippen molar-refractivity contribution in [3.05, 3.63) is 84.2 Å². The molecule has 0 spiro atoms. The van der Waals surface area contributed by atoms with Crippen molar-refractivity contribution >= 4 is 35.0 Å². The van der Waals surface area contributed by atoms with Gasteiger partial charge in [0.15, 0.2) is 0 Å². The number of hydrogen-bond donors (Lipinski definition) is 1. The SMILES string of the molecule is COC(=O)c1ccc(NC(=O)N2CCN(C(=O)c3ccc(N(C)c4ccncc4)cc3)CC2)cc1. The van der Waals surface area contributed by atoms with E-state index in [1.165, 1.54) is 7.11 Å². The van der Waals surface area contributed by atoms with Crippen molar-refractivity contribution in [3.63, 3.8) is 0 Å². The Balaban J connectivity index is 1.30. The molecule has 9 nitrogen and oxygen atoms in total. The number of nitrogens with zero attached hydrogens (tertiary/aromatic N) is 4. The number of urea groups is 1. The summed E-state index contributed by atoms with van der Waals surface area (Å²) >= 11 is 0. The Morgan fingerprint density at radius 1 is 0.800 bits per heavy atom. The summed E-state index contributed by atoms with van der Waals surface area (Å²) in [5, 5.41) is 2.82. The van der Waals surface area contributed by atoms with E-state index >= 15 is 0 Å². The number of carbonyl (C=O) groups is 3. The Morgan fingerprint density at radius 2 is 1.34 bits per heavy atom. The number of rotatable bonds is 5. The number of nitrogens with one attached hydrogen (secondary N) is 1. The molecule has 0 bridgehead atoms. The zero-order chi connectivity index (χ0) is 24.8. The van der Waals surface area contributed by atoms with E-state index in [0.717, 1.165) is 11.4 Å². The first-order chi connectivity index (χ1) is 17.0. The Hall–Kier alpha value is -4.40. The normalized spacial score (nSPS) is 13.2. The fourth-order valence-electron chi connectivity index (χ4n) is 3.85. The molecule has 0 saturated carbocycles. The molecule has 0 aliphatic carbocycles. The van der Waals surface area contributed by atoms with Crippen LogP contribution in [-0.2, 0) is 4.74 Å². The van der Waals surface area contributed by atoms with Crippen LogP contribution in [0.5, 0.6) is 0 Å². The van der Waals surface area contributed by atoms with Gasteiger partial charge in [0, 0.05) is 68.2 Å². The summed E-state index contributed by atoms with van der Waals surface area (Å²) in [6.07, 6.45) is 3.48. The largest absolute Gasteiger partial charge is 0.465 e. The summed E-state index contributed by atoms with van der Waals surface area (Å²) in [6.45, 7) is 1.76. The number of aromatic nitrogens is 1. The number of benzene rings is 2. The predicted octanol–water partition coefficient (Wildman–Crippen LogP) is 3.63. The molecule has 0 radical (unpaired) electrons. The van der Waals surface area contributed by atoms with Crippen molar-refractivity contribution in [2.45, 2.75) is 0 Å². The molecular formula is C26H27N5O4. The molecule has 180 valence electrons. The number of esters is 1. The standard InChI is InChI=1S/C26H27N5O4/c1-29(23-11-13-27-14-12-23)22-9-5-19(6-10-22)24(32)30-15-17-31(18-16-30)26(34)28-21-7-3-20(4-8-21)25(33)35-2/h3-14H,15-18H2,1-2H3,(H,28,34). The van der Waals surface area contributed by atoms with Crippen molar-refractivity contribution in [2.24, 2.45) is 0 Å². The molecule has 9 heteroatoms. The molecule has 3 amide bonds. The fraction of sp³-hybridized carbons (Fsp3) is 0.231. The number of anilines is 3. The second-order valence-electron chi connectivity index (χ2n) is 8.09. The van der Waals surface area contributed by atoms with E-state index in [1.807, 2.05) is 48.3 Å². The number of pyridine rings is 1. The maximum Gasteiger partial charge on any atom is 0.337 e. The molecule has 1 saturated heterocycles. The van der Waals surface area contributed by atoms with Crippen molar-refractivity contribution in [1.82, 2.24) is 14.8 Å². The van der Waals surface area contributed by atoms with E-state index in [4.69, 9.17) is 0 Å². The third-order valence-corrected chi connectivity index (χ3v) is 5.96. The third kappa shape index (κ3) is 5.57. The third-order valence-electron chi connectivity index (χ3n) is 5.96. The smallest absolute Gasteiger partial charge is 0.337 e. The van der Waals surface area contributed by atoms with Gasteiger partial charge in [-0.2, -0.15) is 0 Å². The molecule has 4 rings (SSSR count). The van der Waals surface area contributed by atoms with Crippen LogP contribution in [-0.4, -0.2) is 73.0 Å². The molecule has 0 unspecified atom stereocenters. The predicted molar refractivity (Wildman–Crippen MR) is 133 cm³/mol. The van der Waals surface area contributed by atoms with E-state index in [0.29, 0.717) is 43.0 Å². The molecule has 1 aliphatic heterocycles. The van der Waals surface area contributed by atoms with Crippen molar-refractivity contribution < 1.29 is 19.1 Å². The van der Waals surface area contributed by atoms with Crippen LogP contribution in [0.1, 0.15) is 20.7 Å². The zero-order valence-electron chi connectivity index (χ0n) is 19.7. The highest BCUT2D eigenvalue weighted by atomic mass is 16.5. The second-order valence-corrected chi connectivity index (χ2v) is 8.09. The number of amides is 3. The quantitative estimate of drug-likeness (QED) is 0.569. The van der Waals surface area contributed by atoms with Crippen LogP contribution in [0, 0.1) is 0 Å². The Kier molecular flexibility index (Phi) is 7.25. The van der Waals surface area contributed by atoms with Gasteiger partial charge in [-0.25, -0.2) is 9.59 Å². The fourth-order valence-corrected chi connectivity index (χ4v) is 3.85. The molecule has 2 aromatic carbocycles. The molecule has 3 aromatic rings. The molecule has 1 aliphatic rings. The molecule has 1 fully saturated rings. The lowest BCUT2D eigenvalue weighted by Gasteiger charge is -2.34. The summed E-state index contributed by atoms with van der Waals surface area (Å²) in [5.74, 6) is -0.486. The molecule has 35 heavy (non-hydrogen) atoms. The molecule has 1 N–H and O–H groups in total. The minimum atomic E-state index is -0.431. The maximum atomic E-state index is 13.0. The van der Waals surface area contributed by atoms with Crippen LogP contribution in [0.15, 0.2) is 73.1 Å². The van der Waals surface area contributed by atoms with E-state index in [1.54, 1.807) is 46.5 Å². The number of methoxy groups -OCH3 is 1. The summed E-state index contributed by atoms with van der Waals surface area (Å²) < 4.78 is 4.68. The lowest BCUT2D eigenvalue weighted by Crippen LogP contribution is -2.51. The highest BCUT2D eigenvalue weighted by Crippen LogP contribution is 2.23. The van der Waals surface area contributed by atoms with Crippen molar-refractivity contribution in [3.8, 4) is 0 Å². The monoisotopic (exact) mass is 473 g/mol. The molecule has 2 heterocycles. The van der Waals surface area contributed by atoms with Crippen LogP contribution in [0.4, 0.5) is 21.9 Å². The van der Waals surface area contributed by atoms with E-state index in [2.05, 4.69) is 15.0 Å². The highest BCUT2D eigenvalue weighted by Gasteiger charge is 2.25. The van der Waals surface area contributed by atoms with Crippen LogP contribution in [0.3, 0.4) is 0 Å². The van der Waals surface area contributed by atoms with E-state index < -0.39 is 5.97 Å². The second kappa shape index (κ2) is 10.7. The topological polar surface area (TPSA) is 95.1 Å². The molecule has 1 aromatic heterocycles. The summed E-state index contributed by atoms with van der Waals surface area (Å²) in [6, 6.07) is 17.6. The van der Waals surface area contributed by atoms with E-state index in [-0.39, 0.29) is 11.9 Å². The van der Waals surface area contributed by atoms with Crippen LogP contribution in [0.25, 0.3) is 0 Å². The number of ether oxygens (including phenoxy) is 1. The van der Waals surface area contributed by atoms with Crippen molar-refractivity contribution in [2.75, 3.05) is 50.6 Å². The van der Waals surface area contributed by atoms with Gasteiger partial charge < -0.3 is 24.8 Å². The lowest BCUT2D eigenvalue weighted by molar-refractivity contribution is 0.0600. The average Bonchev–Trinajstić information content (AvgIpc) is 2.93. The Labute approximate surface area is 203 Å². The minimum absolute atomic E-state index is 0.0541. The first-order valence-electron chi connectivity index (χ1n) is 11.2. The number of piperazine rings is 1. The van der Waals surface area contributed by atoms with Gasteiger partial charge in [0.25, 0.3) is 5.91 Å². The molecular weight excluding hydrogens is 446 g/mol. The highest BCUT2D eigenvalue weighted by molar-refractivity contribution is 5.95. The Bertz CT molecular complexity index is 1170.